The molecule has 1 aromatic carbocycles. The Labute approximate surface area is 129 Å². The van der Waals surface area contributed by atoms with E-state index in [4.69, 9.17) is 4.74 Å². The van der Waals surface area contributed by atoms with Crippen LogP contribution in [0.5, 0.6) is 0 Å². The van der Waals surface area contributed by atoms with Gasteiger partial charge in [-0.25, -0.2) is 0 Å². The van der Waals surface area contributed by atoms with Crippen LogP contribution in [0.1, 0.15) is 20.3 Å². The first kappa shape index (κ1) is 17.1. The molecule has 0 radical (unpaired) electrons. The maximum atomic E-state index is 11.7. The van der Waals surface area contributed by atoms with Crippen LogP contribution >= 0.6 is 15.9 Å². The molecule has 0 saturated heterocycles. The lowest BCUT2D eigenvalue weighted by molar-refractivity contribution is -0.115. The molecule has 112 valence electrons. The van der Waals surface area contributed by atoms with E-state index in [2.05, 4.69) is 40.4 Å². The average Bonchev–Trinajstić information content (AvgIpc) is 2.40. The summed E-state index contributed by atoms with van der Waals surface area (Å²) in [6.07, 6.45) is 0.912. The van der Waals surface area contributed by atoms with Gasteiger partial charge in [0.2, 0.25) is 5.91 Å². The summed E-state index contributed by atoms with van der Waals surface area (Å²) in [5.41, 5.74) is 0.791. The average molecular weight is 343 g/mol. The molecular weight excluding hydrogens is 320 g/mol. The fourth-order valence-electron chi connectivity index (χ4n) is 1.58. The van der Waals surface area contributed by atoms with Gasteiger partial charge in [-0.05, 0) is 46.9 Å². The van der Waals surface area contributed by atoms with Gasteiger partial charge in [-0.15, -0.1) is 0 Å². The standard InChI is InChI=1S/C15H23BrN2O2/c1-12(2)11-20-9-5-8-17-10-15(19)18-14-7-4-3-6-13(14)16/h3-4,6-7,12,17H,5,8-11H2,1-2H3,(H,18,19). The molecule has 5 heteroatoms. The molecule has 0 aromatic heterocycles. The van der Waals surface area contributed by atoms with Crippen LogP contribution in [0.15, 0.2) is 28.7 Å². The molecule has 1 rings (SSSR count). The minimum atomic E-state index is -0.0417. The van der Waals surface area contributed by atoms with Gasteiger partial charge >= 0.3 is 0 Å². The summed E-state index contributed by atoms with van der Waals surface area (Å²) in [6, 6.07) is 7.56. The van der Waals surface area contributed by atoms with Crippen LogP contribution in [0.3, 0.4) is 0 Å². The van der Waals surface area contributed by atoms with E-state index >= 15 is 0 Å². The number of para-hydroxylation sites is 1. The minimum Gasteiger partial charge on any atom is -0.381 e. The number of carbonyl (C=O) groups excluding carboxylic acids is 1. The molecule has 4 nitrogen and oxygen atoms in total. The number of ether oxygens (including phenoxy) is 1. The number of amides is 1. The number of hydrogen-bond acceptors (Lipinski definition) is 3. The fraction of sp³-hybridized carbons (Fsp3) is 0.533. The minimum absolute atomic E-state index is 0.0417. The van der Waals surface area contributed by atoms with Gasteiger partial charge in [0.05, 0.1) is 12.2 Å². The van der Waals surface area contributed by atoms with Gasteiger partial charge in [0.25, 0.3) is 0 Å². The molecule has 20 heavy (non-hydrogen) atoms. The van der Waals surface area contributed by atoms with Crippen molar-refractivity contribution >= 4 is 27.5 Å². The lowest BCUT2D eigenvalue weighted by atomic mass is 10.2. The van der Waals surface area contributed by atoms with Gasteiger partial charge in [-0.1, -0.05) is 26.0 Å². The van der Waals surface area contributed by atoms with Crippen LogP contribution in [-0.4, -0.2) is 32.2 Å². The number of hydrogen-bond donors (Lipinski definition) is 2. The number of carbonyl (C=O) groups is 1. The maximum absolute atomic E-state index is 11.7. The van der Waals surface area contributed by atoms with Crippen molar-refractivity contribution < 1.29 is 9.53 Å². The van der Waals surface area contributed by atoms with Crippen molar-refractivity contribution in [1.82, 2.24) is 5.32 Å². The first-order valence-corrected chi connectivity index (χ1v) is 7.71. The van der Waals surface area contributed by atoms with Crippen molar-refractivity contribution in [2.24, 2.45) is 5.92 Å². The van der Waals surface area contributed by atoms with Crippen molar-refractivity contribution in [3.05, 3.63) is 28.7 Å². The fourth-order valence-corrected chi connectivity index (χ4v) is 1.96. The third kappa shape index (κ3) is 7.62. The first-order valence-electron chi connectivity index (χ1n) is 6.92. The number of nitrogens with one attached hydrogen (secondary N) is 2. The Morgan fingerprint density at radius 3 is 2.80 bits per heavy atom. The summed E-state index contributed by atoms with van der Waals surface area (Å²) in [6.45, 7) is 6.88. The van der Waals surface area contributed by atoms with E-state index in [9.17, 15) is 4.79 Å². The monoisotopic (exact) mass is 342 g/mol. The smallest absolute Gasteiger partial charge is 0.238 e. The van der Waals surface area contributed by atoms with Crippen LogP contribution in [-0.2, 0) is 9.53 Å². The summed E-state index contributed by atoms with van der Waals surface area (Å²) in [4.78, 5) is 11.7. The van der Waals surface area contributed by atoms with E-state index in [1.807, 2.05) is 24.3 Å². The second-order valence-electron chi connectivity index (χ2n) is 5.03. The second kappa shape index (κ2) is 9.91. The Morgan fingerprint density at radius 2 is 2.10 bits per heavy atom. The van der Waals surface area contributed by atoms with E-state index in [-0.39, 0.29) is 5.91 Å². The van der Waals surface area contributed by atoms with Crippen molar-refractivity contribution in [2.45, 2.75) is 20.3 Å². The van der Waals surface area contributed by atoms with Crippen LogP contribution in [0.2, 0.25) is 0 Å². The third-order valence-electron chi connectivity index (χ3n) is 2.53. The van der Waals surface area contributed by atoms with E-state index in [1.54, 1.807) is 0 Å². The van der Waals surface area contributed by atoms with Gasteiger partial charge in [0.1, 0.15) is 0 Å². The molecule has 2 N–H and O–H groups in total. The largest absolute Gasteiger partial charge is 0.381 e. The van der Waals surface area contributed by atoms with Crippen molar-refractivity contribution in [3.63, 3.8) is 0 Å². The predicted octanol–water partition coefficient (Wildman–Crippen LogP) is 3.04. The van der Waals surface area contributed by atoms with E-state index < -0.39 is 0 Å². The molecule has 0 spiro atoms. The summed E-state index contributed by atoms with van der Waals surface area (Å²) < 4.78 is 6.35. The van der Waals surface area contributed by atoms with Crippen LogP contribution in [0, 0.1) is 5.92 Å². The Hall–Kier alpha value is -0.910. The normalized spacial score (nSPS) is 10.8. The molecule has 1 amide bonds. The molecule has 0 heterocycles. The lowest BCUT2D eigenvalue weighted by Crippen LogP contribution is -2.29. The second-order valence-corrected chi connectivity index (χ2v) is 5.88. The van der Waals surface area contributed by atoms with Crippen LogP contribution in [0.25, 0.3) is 0 Å². The molecule has 1 aromatic rings. The van der Waals surface area contributed by atoms with Gasteiger partial charge in [0, 0.05) is 17.7 Å². The van der Waals surface area contributed by atoms with Gasteiger partial charge in [-0.2, -0.15) is 0 Å². The maximum Gasteiger partial charge on any atom is 0.238 e. The first-order chi connectivity index (χ1) is 9.59. The van der Waals surface area contributed by atoms with E-state index in [1.165, 1.54) is 0 Å². The highest BCUT2D eigenvalue weighted by atomic mass is 79.9. The zero-order valence-electron chi connectivity index (χ0n) is 12.1. The number of anilines is 1. The molecule has 0 fully saturated rings. The summed E-state index contributed by atoms with van der Waals surface area (Å²) in [5.74, 6) is 0.526. The van der Waals surface area contributed by atoms with Gasteiger partial charge in [-0.3, -0.25) is 4.79 Å². The van der Waals surface area contributed by atoms with Gasteiger partial charge in [0.15, 0.2) is 0 Å². The van der Waals surface area contributed by atoms with Gasteiger partial charge < -0.3 is 15.4 Å². The van der Waals surface area contributed by atoms with Crippen LogP contribution in [0.4, 0.5) is 5.69 Å². The van der Waals surface area contributed by atoms with Crippen LogP contribution < -0.4 is 10.6 Å². The highest BCUT2D eigenvalue weighted by Crippen LogP contribution is 2.20. The Morgan fingerprint density at radius 1 is 1.35 bits per heavy atom. The SMILES string of the molecule is CC(C)COCCCNCC(=O)Nc1ccccc1Br. The molecular formula is C15H23BrN2O2. The Bertz CT molecular complexity index is 411. The molecule has 0 aliphatic heterocycles. The zero-order valence-corrected chi connectivity index (χ0v) is 13.7. The molecule has 0 unspecified atom stereocenters. The molecule has 0 saturated carbocycles. The highest BCUT2D eigenvalue weighted by Gasteiger charge is 2.04. The van der Waals surface area contributed by atoms with Crippen molar-refractivity contribution in [1.29, 1.82) is 0 Å². The third-order valence-corrected chi connectivity index (χ3v) is 3.22. The Kier molecular flexibility index (Phi) is 8.49. The molecule has 0 aliphatic carbocycles. The summed E-state index contributed by atoms with van der Waals surface area (Å²) in [5, 5.41) is 5.95. The molecule has 0 atom stereocenters. The Balaban J connectivity index is 2.08. The summed E-state index contributed by atoms with van der Waals surface area (Å²) >= 11 is 3.39. The lowest BCUT2D eigenvalue weighted by Gasteiger charge is -2.09. The number of halogens is 1. The molecule has 0 bridgehead atoms. The summed E-state index contributed by atoms with van der Waals surface area (Å²) in [7, 11) is 0. The number of benzene rings is 1. The molecule has 0 aliphatic rings. The topological polar surface area (TPSA) is 50.4 Å². The zero-order chi connectivity index (χ0) is 14.8. The van der Waals surface area contributed by atoms with Crippen molar-refractivity contribution in [2.75, 3.05) is 31.6 Å². The quantitative estimate of drug-likeness (QED) is 0.678. The van der Waals surface area contributed by atoms with E-state index in [0.29, 0.717) is 12.5 Å². The van der Waals surface area contributed by atoms with Crippen molar-refractivity contribution in [3.8, 4) is 0 Å². The predicted molar refractivity (Wildman–Crippen MR) is 85.9 cm³/mol. The number of rotatable bonds is 9. The highest BCUT2D eigenvalue weighted by molar-refractivity contribution is 9.10. The van der Waals surface area contributed by atoms with E-state index in [0.717, 1.165) is 36.3 Å².